The summed E-state index contributed by atoms with van der Waals surface area (Å²) in [5, 5.41) is 0.0506. The number of alkyl halides is 3. The Bertz CT molecular complexity index is 344. The van der Waals surface area contributed by atoms with E-state index >= 15 is 0 Å². The number of nitrogens with two attached hydrogens (primary N) is 1. The Balaban J connectivity index is 2.77. The minimum absolute atomic E-state index is 0.0506. The van der Waals surface area contributed by atoms with Gasteiger partial charge in [-0.2, -0.15) is 13.2 Å². The number of benzene rings is 1. The summed E-state index contributed by atoms with van der Waals surface area (Å²) >= 11 is 5.67. The minimum atomic E-state index is -4.30. The molecule has 0 aromatic heterocycles. The van der Waals surface area contributed by atoms with Crippen LogP contribution < -0.4 is 5.73 Å². The Labute approximate surface area is 95.2 Å². The van der Waals surface area contributed by atoms with Crippen LogP contribution in [0.1, 0.15) is 24.4 Å². The Kier molecular flexibility index (Phi) is 4.15. The average molecular weight is 256 g/mol. The van der Waals surface area contributed by atoms with Crippen molar-refractivity contribution in [1.82, 2.24) is 0 Å². The van der Waals surface area contributed by atoms with E-state index in [1.54, 1.807) is 0 Å². The number of hydrogen-bond donors (Lipinski definition) is 1. The summed E-state index contributed by atoms with van der Waals surface area (Å²) in [6, 6.07) is 2.84. The first-order valence-corrected chi connectivity index (χ1v) is 4.95. The Morgan fingerprint density at radius 1 is 1.31 bits per heavy atom. The van der Waals surface area contributed by atoms with E-state index in [1.807, 2.05) is 0 Å². The van der Waals surface area contributed by atoms with Gasteiger partial charge in [-0.15, -0.1) is 0 Å². The average Bonchev–Trinajstić information content (AvgIpc) is 2.13. The molecule has 1 aromatic carbocycles. The van der Waals surface area contributed by atoms with Crippen molar-refractivity contribution >= 4 is 11.6 Å². The van der Waals surface area contributed by atoms with E-state index in [1.165, 1.54) is 12.1 Å². The fourth-order valence-corrected chi connectivity index (χ4v) is 1.63. The highest BCUT2D eigenvalue weighted by Crippen LogP contribution is 2.30. The van der Waals surface area contributed by atoms with Crippen LogP contribution in [-0.4, -0.2) is 6.18 Å². The molecule has 0 spiro atoms. The van der Waals surface area contributed by atoms with Crippen LogP contribution in [0.15, 0.2) is 18.2 Å². The lowest BCUT2D eigenvalue weighted by molar-refractivity contribution is -0.136. The number of rotatable bonds is 3. The lowest BCUT2D eigenvalue weighted by Gasteiger charge is -2.15. The van der Waals surface area contributed by atoms with Gasteiger partial charge in [0.25, 0.3) is 0 Å². The first-order valence-electron chi connectivity index (χ1n) is 4.57. The van der Waals surface area contributed by atoms with Gasteiger partial charge >= 0.3 is 6.18 Å². The molecule has 0 aliphatic heterocycles. The van der Waals surface area contributed by atoms with E-state index in [-0.39, 0.29) is 17.0 Å². The Hall–Kier alpha value is -0.810. The van der Waals surface area contributed by atoms with Crippen molar-refractivity contribution in [2.24, 2.45) is 5.73 Å². The summed E-state index contributed by atoms with van der Waals surface area (Å²) in [4.78, 5) is 0. The van der Waals surface area contributed by atoms with Crippen LogP contribution in [0.5, 0.6) is 0 Å². The normalized spacial score (nSPS) is 13.9. The second-order valence-corrected chi connectivity index (χ2v) is 3.80. The largest absolute Gasteiger partial charge is 0.389 e. The molecule has 0 unspecified atom stereocenters. The van der Waals surface area contributed by atoms with E-state index in [2.05, 4.69) is 0 Å². The van der Waals surface area contributed by atoms with Gasteiger partial charge in [0.2, 0.25) is 0 Å². The molecule has 90 valence electrons. The van der Waals surface area contributed by atoms with E-state index in [0.29, 0.717) is 0 Å². The van der Waals surface area contributed by atoms with Crippen LogP contribution in [0.3, 0.4) is 0 Å². The molecule has 0 heterocycles. The number of halogens is 5. The highest BCUT2D eigenvalue weighted by atomic mass is 35.5. The number of hydrogen-bond acceptors (Lipinski definition) is 1. The topological polar surface area (TPSA) is 26.0 Å². The van der Waals surface area contributed by atoms with Crippen molar-refractivity contribution < 1.29 is 17.6 Å². The molecule has 2 N–H and O–H groups in total. The van der Waals surface area contributed by atoms with Crippen molar-refractivity contribution in [3.8, 4) is 0 Å². The summed E-state index contributed by atoms with van der Waals surface area (Å²) in [6.45, 7) is 0. The Morgan fingerprint density at radius 3 is 2.44 bits per heavy atom. The SMILES string of the molecule is N[C@@H](CCC(F)(F)F)c1c(F)cccc1Cl. The highest BCUT2D eigenvalue weighted by Gasteiger charge is 2.28. The van der Waals surface area contributed by atoms with Crippen molar-refractivity contribution in [1.29, 1.82) is 0 Å². The summed E-state index contributed by atoms with van der Waals surface area (Å²) in [5.74, 6) is -0.679. The zero-order chi connectivity index (χ0) is 12.3. The van der Waals surface area contributed by atoms with E-state index in [4.69, 9.17) is 17.3 Å². The third kappa shape index (κ3) is 3.64. The predicted octanol–water partition coefficient (Wildman–Crippen LogP) is 3.82. The van der Waals surface area contributed by atoms with Crippen LogP contribution >= 0.6 is 11.6 Å². The molecule has 0 saturated heterocycles. The summed E-state index contributed by atoms with van der Waals surface area (Å²) in [7, 11) is 0. The van der Waals surface area contributed by atoms with E-state index in [9.17, 15) is 17.6 Å². The summed E-state index contributed by atoms with van der Waals surface area (Å²) in [5.41, 5.74) is 5.42. The van der Waals surface area contributed by atoms with Crippen LogP contribution in [-0.2, 0) is 0 Å². The quantitative estimate of drug-likeness (QED) is 0.817. The lowest BCUT2D eigenvalue weighted by atomic mass is 10.0. The van der Waals surface area contributed by atoms with Crippen LogP contribution in [0, 0.1) is 5.82 Å². The first kappa shape index (κ1) is 13.3. The van der Waals surface area contributed by atoms with Gasteiger partial charge in [0.05, 0.1) is 0 Å². The fraction of sp³-hybridized carbons (Fsp3) is 0.400. The zero-order valence-corrected chi connectivity index (χ0v) is 8.95. The molecule has 1 nitrogen and oxygen atoms in total. The molecule has 16 heavy (non-hydrogen) atoms. The van der Waals surface area contributed by atoms with Crippen LogP contribution in [0.2, 0.25) is 5.02 Å². The second-order valence-electron chi connectivity index (χ2n) is 3.40. The van der Waals surface area contributed by atoms with Crippen molar-refractivity contribution in [3.63, 3.8) is 0 Å². The molecule has 0 bridgehead atoms. The molecule has 0 aliphatic rings. The van der Waals surface area contributed by atoms with Gasteiger partial charge in [0, 0.05) is 23.0 Å². The monoisotopic (exact) mass is 255 g/mol. The maximum atomic E-state index is 13.3. The molecule has 0 aliphatic carbocycles. The van der Waals surface area contributed by atoms with Gasteiger partial charge in [-0.1, -0.05) is 17.7 Å². The van der Waals surface area contributed by atoms with Gasteiger partial charge in [0.15, 0.2) is 0 Å². The van der Waals surface area contributed by atoms with Crippen molar-refractivity contribution in [2.75, 3.05) is 0 Å². The van der Waals surface area contributed by atoms with Gasteiger partial charge < -0.3 is 5.73 Å². The molecule has 6 heteroatoms. The van der Waals surface area contributed by atoms with Crippen LogP contribution in [0.4, 0.5) is 17.6 Å². The lowest BCUT2D eigenvalue weighted by Crippen LogP contribution is -2.17. The van der Waals surface area contributed by atoms with E-state index in [0.717, 1.165) is 6.07 Å². The van der Waals surface area contributed by atoms with Crippen molar-refractivity contribution in [3.05, 3.63) is 34.6 Å². The Morgan fingerprint density at radius 2 is 1.94 bits per heavy atom. The molecule has 0 fully saturated rings. The third-order valence-electron chi connectivity index (χ3n) is 2.11. The molecule has 1 aromatic rings. The highest BCUT2D eigenvalue weighted by molar-refractivity contribution is 6.31. The molecule has 1 atom stereocenters. The first-order chi connectivity index (χ1) is 7.31. The van der Waals surface area contributed by atoms with Gasteiger partial charge in [-0.25, -0.2) is 4.39 Å². The minimum Gasteiger partial charge on any atom is -0.324 e. The molecule has 0 amide bonds. The maximum absolute atomic E-state index is 13.3. The zero-order valence-electron chi connectivity index (χ0n) is 8.19. The molecule has 0 saturated carbocycles. The fourth-order valence-electron chi connectivity index (χ4n) is 1.33. The van der Waals surface area contributed by atoms with Crippen LogP contribution in [0.25, 0.3) is 0 Å². The summed E-state index contributed by atoms with van der Waals surface area (Å²) < 4.78 is 49.1. The molecule has 0 radical (unpaired) electrons. The predicted molar refractivity (Wildman–Crippen MR) is 53.6 cm³/mol. The smallest absolute Gasteiger partial charge is 0.324 e. The molecule has 1 rings (SSSR count). The van der Waals surface area contributed by atoms with E-state index < -0.39 is 24.5 Å². The van der Waals surface area contributed by atoms with Gasteiger partial charge in [0.1, 0.15) is 5.82 Å². The molecular weight excluding hydrogens is 246 g/mol. The van der Waals surface area contributed by atoms with Gasteiger partial charge in [-0.3, -0.25) is 0 Å². The third-order valence-corrected chi connectivity index (χ3v) is 2.44. The second kappa shape index (κ2) is 5.01. The maximum Gasteiger partial charge on any atom is 0.389 e. The van der Waals surface area contributed by atoms with Crippen molar-refractivity contribution in [2.45, 2.75) is 25.1 Å². The molecular formula is C10H10ClF4N. The summed E-state index contributed by atoms with van der Waals surface area (Å²) in [6.07, 6.45) is -5.74. The van der Waals surface area contributed by atoms with Gasteiger partial charge in [-0.05, 0) is 18.6 Å². The standard InChI is InChI=1S/C10H10ClF4N/c11-6-2-1-3-7(12)9(6)8(16)4-5-10(13,14)15/h1-3,8H,4-5,16H2/t8-/m0/s1.